The molecule has 0 saturated heterocycles. The molecule has 0 aliphatic rings. The fourth-order valence-electron chi connectivity index (χ4n) is 1.32. The molecule has 6 N–H and O–H groups in total. The van der Waals surface area contributed by atoms with Crippen LogP contribution in [0.15, 0.2) is 30.3 Å². The number of para-hydroxylation sites is 1. The van der Waals surface area contributed by atoms with Crippen LogP contribution in [0.5, 0.6) is 5.75 Å². The first-order chi connectivity index (χ1) is 8.68. The van der Waals surface area contributed by atoms with Crippen molar-refractivity contribution >= 4 is 5.96 Å². The van der Waals surface area contributed by atoms with Crippen molar-refractivity contribution < 1.29 is 9.84 Å². The maximum atomic E-state index is 9.64. The smallest absolute Gasteiger partial charge is 0.185 e. The Morgan fingerprint density at radius 1 is 1.33 bits per heavy atom. The van der Waals surface area contributed by atoms with Crippen molar-refractivity contribution in [3.63, 3.8) is 0 Å². The highest BCUT2D eigenvalue weighted by Crippen LogP contribution is 2.08. The molecule has 1 rings (SSSR count). The van der Waals surface area contributed by atoms with Crippen LogP contribution in [0.4, 0.5) is 0 Å². The molecule has 6 heteroatoms. The van der Waals surface area contributed by atoms with Crippen molar-refractivity contribution in [2.24, 2.45) is 5.73 Å². The van der Waals surface area contributed by atoms with E-state index in [1.807, 2.05) is 30.3 Å². The normalized spacial score (nSPS) is 11.8. The highest BCUT2D eigenvalue weighted by molar-refractivity contribution is 5.74. The van der Waals surface area contributed by atoms with Gasteiger partial charge in [-0.25, -0.2) is 0 Å². The Labute approximate surface area is 107 Å². The van der Waals surface area contributed by atoms with Crippen LogP contribution in [-0.4, -0.2) is 43.4 Å². The molecule has 0 amide bonds. The summed E-state index contributed by atoms with van der Waals surface area (Å²) in [5.41, 5.74) is 5.12. The average molecular weight is 252 g/mol. The molecule has 0 aliphatic heterocycles. The molecular weight excluding hydrogens is 232 g/mol. The van der Waals surface area contributed by atoms with Gasteiger partial charge in [0, 0.05) is 19.6 Å². The summed E-state index contributed by atoms with van der Waals surface area (Å²) in [6.07, 6.45) is -0.567. The van der Waals surface area contributed by atoms with Crippen LogP contribution in [-0.2, 0) is 0 Å². The molecule has 1 aromatic rings. The van der Waals surface area contributed by atoms with Gasteiger partial charge < -0.3 is 26.2 Å². The van der Waals surface area contributed by atoms with Crippen LogP contribution in [0.25, 0.3) is 0 Å². The van der Waals surface area contributed by atoms with Crippen LogP contribution in [0.3, 0.4) is 0 Å². The van der Waals surface area contributed by atoms with Crippen LogP contribution < -0.4 is 21.1 Å². The molecule has 0 bridgehead atoms. The number of hydrogen-bond acceptors (Lipinski definition) is 4. The van der Waals surface area contributed by atoms with E-state index in [1.54, 1.807) is 0 Å². The zero-order valence-electron chi connectivity index (χ0n) is 10.2. The van der Waals surface area contributed by atoms with Gasteiger partial charge in [0.2, 0.25) is 0 Å². The van der Waals surface area contributed by atoms with Crippen molar-refractivity contribution in [1.29, 1.82) is 5.41 Å². The lowest BCUT2D eigenvalue weighted by atomic mass is 10.3. The molecule has 1 aromatic carbocycles. The van der Waals surface area contributed by atoms with Gasteiger partial charge in [0.25, 0.3) is 0 Å². The number of nitrogens with one attached hydrogen (secondary N) is 3. The average Bonchev–Trinajstić information content (AvgIpc) is 2.37. The van der Waals surface area contributed by atoms with E-state index in [-0.39, 0.29) is 12.6 Å². The Morgan fingerprint density at radius 3 is 2.72 bits per heavy atom. The van der Waals surface area contributed by atoms with E-state index in [0.29, 0.717) is 19.6 Å². The van der Waals surface area contributed by atoms with E-state index < -0.39 is 6.10 Å². The second-order valence-electron chi connectivity index (χ2n) is 3.82. The molecule has 0 aliphatic carbocycles. The van der Waals surface area contributed by atoms with Gasteiger partial charge >= 0.3 is 0 Å². The Kier molecular flexibility index (Phi) is 6.60. The number of aliphatic hydroxyl groups is 1. The second kappa shape index (κ2) is 8.32. The zero-order valence-corrected chi connectivity index (χ0v) is 10.2. The maximum Gasteiger partial charge on any atom is 0.185 e. The van der Waals surface area contributed by atoms with E-state index in [9.17, 15) is 5.11 Å². The van der Waals surface area contributed by atoms with Crippen molar-refractivity contribution in [1.82, 2.24) is 10.6 Å². The minimum Gasteiger partial charge on any atom is -0.491 e. The zero-order chi connectivity index (χ0) is 13.2. The predicted molar refractivity (Wildman–Crippen MR) is 70.7 cm³/mol. The van der Waals surface area contributed by atoms with E-state index in [2.05, 4.69) is 10.6 Å². The molecule has 18 heavy (non-hydrogen) atoms. The van der Waals surface area contributed by atoms with Crippen molar-refractivity contribution in [3.05, 3.63) is 30.3 Å². The summed E-state index contributed by atoms with van der Waals surface area (Å²) in [6, 6.07) is 9.36. The molecule has 6 nitrogen and oxygen atoms in total. The quantitative estimate of drug-likeness (QED) is 0.244. The second-order valence-corrected chi connectivity index (χ2v) is 3.82. The Hall–Kier alpha value is -1.79. The minimum atomic E-state index is -0.567. The summed E-state index contributed by atoms with van der Waals surface area (Å²) in [6.45, 7) is 1.87. The summed E-state index contributed by atoms with van der Waals surface area (Å²) in [5.74, 6) is 0.694. The molecule has 0 radical (unpaired) electrons. The summed E-state index contributed by atoms with van der Waals surface area (Å²) < 4.78 is 5.40. The number of rotatable bonds is 8. The predicted octanol–water partition coefficient (Wildman–Crippen LogP) is -0.501. The van der Waals surface area contributed by atoms with Crippen LogP contribution in [0.1, 0.15) is 0 Å². The number of nitrogens with two attached hydrogens (primary N) is 1. The van der Waals surface area contributed by atoms with E-state index >= 15 is 0 Å². The number of guanidine groups is 1. The van der Waals surface area contributed by atoms with Crippen molar-refractivity contribution in [2.75, 3.05) is 26.2 Å². The first-order valence-electron chi connectivity index (χ1n) is 5.83. The fourth-order valence-corrected chi connectivity index (χ4v) is 1.32. The standard InChI is InChI=1S/C12H20N4O2/c13-12(14)16-7-6-15-8-10(17)9-18-11-4-2-1-3-5-11/h1-5,10,15,17H,6-9H2,(H4,13,14,16). The largest absolute Gasteiger partial charge is 0.491 e. The highest BCUT2D eigenvalue weighted by atomic mass is 16.5. The first-order valence-corrected chi connectivity index (χ1v) is 5.83. The van der Waals surface area contributed by atoms with Gasteiger partial charge in [-0.05, 0) is 12.1 Å². The lowest BCUT2D eigenvalue weighted by molar-refractivity contribution is 0.107. The van der Waals surface area contributed by atoms with Gasteiger partial charge in [-0.1, -0.05) is 18.2 Å². The van der Waals surface area contributed by atoms with E-state index in [0.717, 1.165) is 5.75 Å². The molecule has 0 aromatic heterocycles. The topological polar surface area (TPSA) is 103 Å². The van der Waals surface area contributed by atoms with Crippen LogP contribution >= 0.6 is 0 Å². The van der Waals surface area contributed by atoms with Crippen LogP contribution in [0, 0.1) is 5.41 Å². The first kappa shape index (κ1) is 14.3. The van der Waals surface area contributed by atoms with Gasteiger partial charge in [-0.3, -0.25) is 5.41 Å². The molecule has 0 spiro atoms. The number of aliphatic hydroxyl groups excluding tert-OH is 1. The van der Waals surface area contributed by atoms with Gasteiger partial charge in [0.15, 0.2) is 5.96 Å². The maximum absolute atomic E-state index is 9.64. The molecule has 0 saturated carbocycles. The van der Waals surface area contributed by atoms with Crippen LogP contribution in [0.2, 0.25) is 0 Å². The fraction of sp³-hybridized carbons (Fsp3) is 0.417. The third-order valence-electron chi connectivity index (χ3n) is 2.18. The van der Waals surface area contributed by atoms with Gasteiger partial charge in [-0.2, -0.15) is 0 Å². The molecular formula is C12H20N4O2. The molecule has 1 unspecified atom stereocenters. The third kappa shape index (κ3) is 6.72. The molecule has 0 fully saturated rings. The summed E-state index contributed by atoms with van der Waals surface area (Å²) in [5, 5.41) is 22.3. The Morgan fingerprint density at radius 2 is 2.06 bits per heavy atom. The minimum absolute atomic E-state index is 0.0511. The van der Waals surface area contributed by atoms with Crippen molar-refractivity contribution in [3.8, 4) is 5.75 Å². The van der Waals surface area contributed by atoms with E-state index in [4.69, 9.17) is 15.9 Å². The summed E-state index contributed by atoms with van der Waals surface area (Å²) >= 11 is 0. The molecule has 100 valence electrons. The number of hydrogen-bond donors (Lipinski definition) is 5. The third-order valence-corrected chi connectivity index (χ3v) is 2.18. The van der Waals surface area contributed by atoms with Gasteiger partial charge in [0.1, 0.15) is 18.5 Å². The lowest BCUT2D eigenvalue weighted by Crippen LogP contribution is -2.39. The summed E-state index contributed by atoms with van der Waals surface area (Å²) in [4.78, 5) is 0. The van der Waals surface area contributed by atoms with E-state index in [1.165, 1.54) is 0 Å². The molecule has 1 atom stereocenters. The van der Waals surface area contributed by atoms with Crippen molar-refractivity contribution in [2.45, 2.75) is 6.10 Å². The summed E-state index contributed by atoms with van der Waals surface area (Å²) in [7, 11) is 0. The SMILES string of the molecule is N=C(N)NCCNCC(O)COc1ccccc1. The number of ether oxygens (including phenoxy) is 1. The Bertz CT molecular complexity index is 345. The number of benzene rings is 1. The molecule has 0 heterocycles. The highest BCUT2D eigenvalue weighted by Gasteiger charge is 2.04. The van der Waals surface area contributed by atoms with Gasteiger partial charge in [-0.15, -0.1) is 0 Å². The van der Waals surface area contributed by atoms with Gasteiger partial charge in [0.05, 0.1) is 0 Å². The Balaban J connectivity index is 2.04. The lowest BCUT2D eigenvalue weighted by Gasteiger charge is -2.13. The monoisotopic (exact) mass is 252 g/mol.